The van der Waals surface area contributed by atoms with Crippen molar-refractivity contribution in [2.75, 3.05) is 0 Å². The lowest BCUT2D eigenvalue weighted by Crippen LogP contribution is -2.14. The predicted molar refractivity (Wildman–Crippen MR) is 241 cm³/mol. The maximum absolute atomic E-state index is 11.9. The Kier molecular flexibility index (Phi) is 20.2. The SMILES string of the molecule is CCCCCCCc1ccccc1CC(C)c1ccc(O)c(C(C)Cc2ccccc2CCCCCCC)c1C(C)Cc1ccccc1CCCCCCC. The second-order valence-electron chi connectivity index (χ2n) is 17.1. The first-order valence-corrected chi connectivity index (χ1v) is 22.9. The standard InChI is InChI=1S/C54H78O/c1-7-10-13-16-19-28-45-31-22-25-34-48(45)39-42(4)51-37-38-52(55)54(44(6)41-50-36-27-24-33-47(50)30-21-18-15-12-9-3)53(51)43(5)40-49-35-26-23-32-46(49)29-20-17-14-11-8-2/h22-27,31-38,42-44,55H,7-21,28-30,39-41H2,1-6H3. The first kappa shape index (κ1) is 44.4. The molecular formula is C54H78O. The molecule has 4 aromatic rings. The molecule has 0 bridgehead atoms. The van der Waals surface area contributed by atoms with Crippen LogP contribution in [0.2, 0.25) is 0 Å². The number of aryl methyl sites for hydroxylation is 3. The highest BCUT2D eigenvalue weighted by molar-refractivity contribution is 5.51. The van der Waals surface area contributed by atoms with E-state index >= 15 is 0 Å². The third-order valence-electron chi connectivity index (χ3n) is 12.4. The van der Waals surface area contributed by atoms with E-state index in [4.69, 9.17) is 0 Å². The maximum atomic E-state index is 11.9. The third kappa shape index (κ3) is 14.3. The van der Waals surface area contributed by atoms with Crippen LogP contribution in [0, 0.1) is 0 Å². The Labute approximate surface area is 338 Å². The molecular weight excluding hydrogens is 665 g/mol. The summed E-state index contributed by atoms with van der Waals surface area (Å²) in [6.07, 6.45) is 26.1. The zero-order chi connectivity index (χ0) is 39.3. The average Bonchev–Trinajstić information content (AvgIpc) is 3.19. The smallest absolute Gasteiger partial charge is 0.119 e. The van der Waals surface area contributed by atoms with Gasteiger partial charge in [0.15, 0.2) is 0 Å². The van der Waals surface area contributed by atoms with Crippen LogP contribution < -0.4 is 0 Å². The zero-order valence-corrected chi connectivity index (χ0v) is 36.1. The molecule has 1 heteroatoms. The highest BCUT2D eigenvalue weighted by Gasteiger charge is 2.26. The van der Waals surface area contributed by atoms with Crippen molar-refractivity contribution < 1.29 is 5.11 Å². The minimum Gasteiger partial charge on any atom is -0.508 e. The highest BCUT2D eigenvalue weighted by atomic mass is 16.3. The van der Waals surface area contributed by atoms with Crippen molar-refractivity contribution >= 4 is 0 Å². The van der Waals surface area contributed by atoms with Crippen molar-refractivity contribution in [1.82, 2.24) is 0 Å². The molecule has 1 nitrogen and oxygen atoms in total. The van der Waals surface area contributed by atoms with Gasteiger partial charge in [-0.3, -0.25) is 0 Å². The molecule has 0 heterocycles. The lowest BCUT2D eigenvalue weighted by atomic mass is 9.76. The number of benzene rings is 4. The molecule has 0 aliphatic heterocycles. The molecule has 0 aliphatic carbocycles. The molecule has 0 spiro atoms. The Bertz CT molecular complexity index is 1650. The number of aromatic hydroxyl groups is 1. The van der Waals surface area contributed by atoms with Gasteiger partial charge in [-0.25, -0.2) is 0 Å². The van der Waals surface area contributed by atoms with E-state index in [2.05, 4.69) is 120 Å². The first-order chi connectivity index (χ1) is 26.9. The van der Waals surface area contributed by atoms with Gasteiger partial charge < -0.3 is 5.11 Å². The molecule has 4 rings (SSSR count). The van der Waals surface area contributed by atoms with Crippen LogP contribution in [0.1, 0.15) is 206 Å². The van der Waals surface area contributed by atoms with E-state index in [1.54, 1.807) is 0 Å². The van der Waals surface area contributed by atoms with Crippen LogP contribution in [0.25, 0.3) is 0 Å². The number of phenolic OH excluding ortho intramolecular Hbond substituents is 1. The van der Waals surface area contributed by atoms with Crippen molar-refractivity contribution in [3.63, 3.8) is 0 Å². The van der Waals surface area contributed by atoms with Gasteiger partial charge >= 0.3 is 0 Å². The lowest BCUT2D eigenvalue weighted by molar-refractivity contribution is 0.458. The van der Waals surface area contributed by atoms with Gasteiger partial charge in [-0.05, 0) is 126 Å². The number of phenols is 1. The Morgan fingerprint density at radius 3 is 1.07 bits per heavy atom. The van der Waals surface area contributed by atoms with E-state index in [9.17, 15) is 5.11 Å². The molecule has 4 aromatic carbocycles. The zero-order valence-electron chi connectivity index (χ0n) is 36.1. The Morgan fingerprint density at radius 2 is 0.691 bits per heavy atom. The Hall–Kier alpha value is -3.32. The Morgan fingerprint density at radius 1 is 0.364 bits per heavy atom. The van der Waals surface area contributed by atoms with Gasteiger partial charge in [0.25, 0.3) is 0 Å². The van der Waals surface area contributed by atoms with Gasteiger partial charge in [-0.1, -0.05) is 197 Å². The van der Waals surface area contributed by atoms with Crippen LogP contribution in [-0.4, -0.2) is 5.11 Å². The number of hydrogen-bond acceptors (Lipinski definition) is 1. The normalized spacial score (nSPS) is 13.2. The molecule has 0 aliphatic rings. The van der Waals surface area contributed by atoms with Gasteiger partial charge in [0, 0.05) is 5.56 Å². The van der Waals surface area contributed by atoms with E-state index in [1.165, 1.54) is 153 Å². The topological polar surface area (TPSA) is 20.2 Å². The summed E-state index contributed by atoms with van der Waals surface area (Å²) in [5, 5.41) is 11.9. The number of rotatable bonds is 27. The van der Waals surface area contributed by atoms with Gasteiger partial charge in [0.05, 0.1) is 0 Å². The van der Waals surface area contributed by atoms with Crippen molar-refractivity contribution in [3.05, 3.63) is 135 Å². The summed E-state index contributed by atoms with van der Waals surface area (Å²) in [7, 11) is 0. The van der Waals surface area contributed by atoms with Crippen molar-refractivity contribution in [2.24, 2.45) is 0 Å². The Balaban J connectivity index is 1.67. The van der Waals surface area contributed by atoms with Crippen molar-refractivity contribution in [3.8, 4) is 5.75 Å². The number of unbranched alkanes of at least 4 members (excludes halogenated alkanes) is 12. The third-order valence-corrected chi connectivity index (χ3v) is 12.4. The highest BCUT2D eigenvalue weighted by Crippen LogP contribution is 2.42. The molecule has 300 valence electrons. The molecule has 1 N–H and O–H groups in total. The monoisotopic (exact) mass is 743 g/mol. The van der Waals surface area contributed by atoms with E-state index in [1.807, 2.05) is 6.07 Å². The molecule has 0 aromatic heterocycles. The van der Waals surface area contributed by atoms with Crippen LogP contribution in [-0.2, 0) is 38.5 Å². The molecule has 0 amide bonds. The molecule has 0 fully saturated rings. The van der Waals surface area contributed by atoms with Crippen molar-refractivity contribution in [1.29, 1.82) is 0 Å². The average molecular weight is 743 g/mol. The van der Waals surface area contributed by atoms with Crippen LogP contribution in [0.4, 0.5) is 0 Å². The summed E-state index contributed by atoms with van der Waals surface area (Å²) in [6.45, 7) is 14.1. The summed E-state index contributed by atoms with van der Waals surface area (Å²) in [5.74, 6) is 1.30. The summed E-state index contributed by atoms with van der Waals surface area (Å²) in [4.78, 5) is 0. The second kappa shape index (κ2) is 25.0. The molecule has 3 unspecified atom stereocenters. The summed E-state index contributed by atoms with van der Waals surface area (Å²) in [6, 6.07) is 31.8. The molecule has 0 radical (unpaired) electrons. The predicted octanol–water partition coefficient (Wildman–Crippen LogP) is 16.0. The molecule has 3 atom stereocenters. The summed E-state index contributed by atoms with van der Waals surface area (Å²) < 4.78 is 0. The van der Waals surface area contributed by atoms with Gasteiger partial charge in [0.2, 0.25) is 0 Å². The maximum Gasteiger partial charge on any atom is 0.119 e. The summed E-state index contributed by atoms with van der Waals surface area (Å²) >= 11 is 0. The number of hydrogen-bond donors (Lipinski definition) is 1. The van der Waals surface area contributed by atoms with Gasteiger partial charge in [0.1, 0.15) is 5.75 Å². The largest absolute Gasteiger partial charge is 0.508 e. The van der Waals surface area contributed by atoms with Crippen LogP contribution in [0.3, 0.4) is 0 Å². The quantitative estimate of drug-likeness (QED) is 0.0603. The van der Waals surface area contributed by atoms with Crippen LogP contribution in [0.15, 0.2) is 84.9 Å². The fourth-order valence-corrected chi connectivity index (χ4v) is 9.20. The van der Waals surface area contributed by atoms with E-state index in [-0.39, 0.29) is 11.8 Å². The minimum absolute atomic E-state index is 0.204. The summed E-state index contributed by atoms with van der Waals surface area (Å²) in [5.41, 5.74) is 12.9. The van der Waals surface area contributed by atoms with E-state index < -0.39 is 0 Å². The molecule has 0 saturated heterocycles. The van der Waals surface area contributed by atoms with Gasteiger partial charge in [-0.15, -0.1) is 0 Å². The van der Waals surface area contributed by atoms with E-state index in [0.29, 0.717) is 11.7 Å². The fourth-order valence-electron chi connectivity index (χ4n) is 9.20. The second-order valence-corrected chi connectivity index (χ2v) is 17.1. The first-order valence-electron chi connectivity index (χ1n) is 22.9. The minimum atomic E-state index is 0.204. The fraction of sp³-hybridized carbons (Fsp3) is 0.556. The molecule has 55 heavy (non-hydrogen) atoms. The van der Waals surface area contributed by atoms with Crippen molar-refractivity contribution in [2.45, 2.75) is 194 Å². The van der Waals surface area contributed by atoms with Crippen LogP contribution >= 0.6 is 0 Å². The van der Waals surface area contributed by atoms with E-state index in [0.717, 1.165) is 32.1 Å². The lowest BCUT2D eigenvalue weighted by Gasteiger charge is -2.29. The van der Waals surface area contributed by atoms with Gasteiger partial charge in [-0.2, -0.15) is 0 Å². The molecule has 0 saturated carbocycles. The van der Waals surface area contributed by atoms with Crippen LogP contribution in [0.5, 0.6) is 5.75 Å².